The highest BCUT2D eigenvalue weighted by Gasteiger charge is 2.17. The lowest BCUT2D eigenvalue weighted by Gasteiger charge is -2.37. The Labute approximate surface area is 147 Å². The Morgan fingerprint density at radius 1 is 1.04 bits per heavy atom. The molecule has 24 heavy (non-hydrogen) atoms. The number of phenolic OH excluding ortho intramolecular Hbond substituents is 1. The SMILES string of the molecule is C=C(/C=C/CCCCCCC)N1CCN(c2ccc(O)cc2)CC1. The lowest BCUT2D eigenvalue weighted by atomic mass is 10.1. The molecule has 0 bridgehead atoms. The van der Waals surface area contributed by atoms with Gasteiger partial charge in [0.1, 0.15) is 5.75 Å². The normalized spacial score (nSPS) is 15.2. The van der Waals surface area contributed by atoms with Crippen molar-refractivity contribution in [1.29, 1.82) is 0 Å². The predicted molar refractivity (Wildman–Crippen MR) is 104 cm³/mol. The number of hydrogen-bond donors (Lipinski definition) is 1. The number of aromatic hydroxyl groups is 1. The number of phenols is 1. The van der Waals surface area contributed by atoms with Crippen LogP contribution in [0.15, 0.2) is 48.7 Å². The largest absolute Gasteiger partial charge is 0.508 e. The van der Waals surface area contributed by atoms with Crippen molar-refractivity contribution < 1.29 is 5.11 Å². The number of anilines is 1. The Kier molecular flexibility index (Phi) is 7.73. The fourth-order valence-corrected chi connectivity index (χ4v) is 3.11. The second-order valence-corrected chi connectivity index (χ2v) is 6.59. The van der Waals surface area contributed by atoms with Gasteiger partial charge >= 0.3 is 0 Å². The van der Waals surface area contributed by atoms with Gasteiger partial charge in [-0.3, -0.25) is 0 Å². The first-order valence-corrected chi connectivity index (χ1v) is 9.35. The average Bonchev–Trinajstić information content (AvgIpc) is 2.61. The summed E-state index contributed by atoms with van der Waals surface area (Å²) in [7, 11) is 0. The molecule has 1 aliphatic heterocycles. The van der Waals surface area contributed by atoms with E-state index in [1.165, 1.54) is 37.8 Å². The van der Waals surface area contributed by atoms with E-state index < -0.39 is 0 Å². The van der Waals surface area contributed by atoms with Crippen molar-refractivity contribution in [2.45, 2.75) is 45.4 Å². The monoisotopic (exact) mass is 328 g/mol. The van der Waals surface area contributed by atoms with Crippen molar-refractivity contribution in [3.8, 4) is 5.75 Å². The van der Waals surface area contributed by atoms with Gasteiger partial charge in [0.25, 0.3) is 0 Å². The van der Waals surface area contributed by atoms with Crippen LogP contribution in [0.4, 0.5) is 5.69 Å². The van der Waals surface area contributed by atoms with Gasteiger partial charge in [-0.1, -0.05) is 45.3 Å². The summed E-state index contributed by atoms with van der Waals surface area (Å²) in [6, 6.07) is 7.48. The van der Waals surface area contributed by atoms with Crippen molar-refractivity contribution in [3.05, 3.63) is 48.7 Å². The summed E-state index contributed by atoms with van der Waals surface area (Å²) in [6.45, 7) is 10.5. The molecule has 1 saturated heterocycles. The Hall–Kier alpha value is -1.90. The highest BCUT2D eigenvalue weighted by atomic mass is 16.3. The molecule has 0 unspecified atom stereocenters. The van der Waals surface area contributed by atoms with Crippen LogP contribution in [0.25, 0.3) is 0 Å². The predicted octanol–water partition coefficient (Wildman–Crippen LogP) is 4.94. The van der Waals surface area contributed by atoms with Gasteiger partial charge in [0.05, 0.1) is 0 Å². The van der Waals surface area contributed by atoms with Crippen LogP contribution in [0.3, 0.4) is 0 Å². The van der Waals surface area contributed by atoms with Crippen molar-refractivity contribution in [3.63, 3.8) is 0 Å². The molecule has 1 aromatic rings. The summed E-state index contributed by atoms with van der Waals surface area (Å²) in [4.78, 5) is 4.73. The molecule has 3 heteroatoms. The van der Waals surface area contributed by atoms with Crippen molar-refractivity contribution in [2.24, 2.45) is 0 Å². The van der Waals surface area contributed by atoms with Gasteiger partial charge < -0.3 is 14.9 Å². The molecule has 1 fully saturated rings. The summed E-state index contributed by atoms with van der Waals surface area (Å²) < 4.78 is 0. The fourth-order valence-electron chi connectivity index (χ4n) is 3.11. The first kappa shape index (κ1) is 18.4. The number of unbranched alkanes of at least 4 members (excludes halogenated alkanes) is 5. The van der Waals surface area contributed by atoms with Crippen molar-refractivity contribution in [1.82, 2.24) is 4.90 Å². The summed E-state index contributed by atoms with van der Waals surface area (Å²) in [5.41, 5.74) is 2.31. The Morgan fingerprint density at radius 2 is 1.71 bits per heavy atom. The summed E-state index contributed by atoms with van der Waals surface area (Å²) in [5.74, 6) is 0.325. The third-order valence-corrected chi connectivity index (χ3v) is 4.69. The third kappa shape index (κ3) is 5.95. The molecule has 2 rings (SSSR count). The molecule has 0 aromatic heterocycles. The van der Waals surface area contributed by atoms with Crippen LogP contribution in [-0.2, 0) is 0 Å². The smallest absolute Gasteiger partial charge is 0.115 e. The molecule has 0 spiro atoms. The van der Waals surface area contributed by atoms with Gasteiger partial charge in [0.15, 0.2) is 0 Å². The van der Waals surface area contributed by atoms with E-state index in [0.29, 0.717) is 5.75 Å². The second kappa shape index (κ2) is 10.1. The zero-order valence-electron chi connectivity index (χ0n) is 15.1. The van der Waals surface area contributed by atoms with Crippen LogP contribution >= 0.6 is 0 Å². The fraction of sp³-hybridized carbons (Fsp3) is 0.524. The van der Waals surface area contributed by atoms with Crippen molar-refractivity contribution >= 4 is 5.69 Å². The molecule has 1 aromatic carbocycles. The van der Waals surface area contributed by atoms with Crippen LogP contribution in [0.5, 0.6) is 5.75 Å². The molecule has 1 aliphatic rings. The van der Waals surface area contributed by atoms with Crippen LogP contribution in [0.1, 0.15) is 45.4 Å². The average molecular weight is 329 g/mol. The standard InChI is InChI=1S/C21H32N2O/c1-3-4-5-6-7-8-9-10-19(2)22-15-17-23(18-16-22)20-11-13-21(24)14-12-20/h9-14,24H,2-8,15-18H2,1H3/b10-9+. The third-order valence-electron chi connectivity index (χ3n) is 4.69. The maximum atomic E-state index is 9.39. The zero-order valence-corrected chi connectivity index (χ0v) is 15.1. The zero-order chi connectivity index (χ0) is 17.2. The molecule has 1 N–H and O–H groups in total. The number of hydrogen-bond acceptors (Lipinski definition) is 3. The molecule has 132 valence electrons. The van der Waals surface area contributed by atoms with E-state index in [2.05, 4.69) is 35.5 Å². The highest BCUT2D eigenvalue weighted by Crippen LogP contribution is 2.21. The maximum absolute atomic E-state index is 9.39. The van der Waals surface area contributed by atoms with Crippen LogP contribution in [-0.4, -0.2) is 36.2 Å². The van der Waals surface area contributed by atoms with Gasteiger partial charge in [0.2, 0.25) is 0 Å². The Balaban J connectivity index is 1.67. The molecule has 0 atom stereocenters. The molecule has 0 aliphatic carbocycles. The van der Waals surface area contributed by atoms with E-state index in [1.807, 2.05) is 12.1 Å². The molecule has 3 nitrogen and oxygen atoms in total. The molecular formula is C21H32N2O. The lowest BCUT2D eigenvalue weighted by Crippen LogP contribution is -2.45. The molecule has 0 saturated carbocycles. The van der Waals surface area contributed by atoms with E-state index >= 15 is 0 Å². The van der Waals surface area contributed by atoms with Crippen LogP contribution in [0, 0.1) is 0 Å². The van der Waals surface area contributed by atoms with Gasteiger partial charge in [-0.05, 0) is 43.2 Å². The van der Waals surface area contributed by atoms with E-state index in [9.17, 15) is 5.11 Å². The van der Waals surface area contributed by atoms with E-state index in [1.54, 1.807) is 12.1 Å². The summed E-state index contributed by atoms with van der Waals surface area (Å²) >= 11 is 0. The number of nitrogens with zero attached hydrogens (tertiary/aromatic N) is 2. The number of benzene rings is 1. The molecule has 1 heterocycles. The molecule has 0 amide bonds. The minimum absolute atomic E-state index is 0.325. The topological polar surface area (TPSA) is 26.7 Å². The lowest BCUT2D eigenvalue weighted by molar-refractivity contribution is 0.331. The maximum Gasteiger partial charge on any atom is 0.115 e. The molecule has 0 radical (unpaired) electrons. The van der Waals surface area contributed by atoms with E-state index in [0.717, 1.165) is 38.3 Å². The second-order valence-electron chi connectivity index (χ2n) is 6.59. The van der Waals surface area contributed by atoms with Crippen molar-refractivity contribution in [2.75, 3.05) is 31.1 Å². The van der Waals surface area contributed by atoms with Crippen LogP contribution < -0.4 is 4.90 Å². The minimum Gasteiger partial charge on any atom is -0.508 e. The molecular weight excluding hydrogens is 296 g/mol. The first-order valence-electron chi connectivity index (χ1n) is 9.35. The van der Waals surface area contributed by atoms with Gasteiger partial charge in [-0.2, -0.15) is 0 Å². The first-order chi connectivity index (χ1) is 11.7. The number of rotatable bonds is 9. The van der Waals surface area contributed by atoms with Crippen LogP contribution in [0.2, 0.25) is 0 Å². The van der Waals surface area contributed by atoms with E-state index in [4.69, 9.17) is 0 Å². The quantitative estimate of drug-likeness (QED) is 0.513. The summed E-state index contributed by atoms with van der Waals surface area (Å²) in [5, 5.41) is 9.39. The minimum atomic E-state index is 0.325. The number of allylic oxidation sites excluding steroid dienone is 2. The van der Waals surface area contributed by atoms with Gasteiger partial charge in [0, 0.05) is 37.6 Å². The van der Waals surface area contributed by atoms with Gasteiger partial charge in [-0.15, -0.1) is 0 Å². The Bertz CT molecular complexity index is 513. The summed E-state index contributed by atoms with van der Waals surface area (Å²) in [6.07, 6.45) is 12.3. The van der Waals surface area contributed by atoms with E-state index in [-0.39, 0.29) is 0 Å². The highest BCUT2D eigenvalue weighted by molar-refractivity contribution is 5.49. The Morgan fingerprint density at radius 3 is 2.38 bits per heavy atom. The number of piperazine rings is 1. The van der Waals surface area contributed by atoms with Gasteiger partial charge in [-0.25, -0.2) is 0 Å².